The number of nitrogens with one attached hydrogen (secondary N) is 2. The minimum atomic E-state index is -1.34. The molecule has 4 amide bonds. The third-order valence-corrected chi connectivity index (χ3v) is 6.13. The van der Waals surface area contributed by atoms with Crippen molar-refractivity contribution < 1.29 is 23.9 Å². The molecule has 0 bridgehead atoms. The van der Waals surface area contributed by atoms with Crippen LogP contribution in [0.4, 0.5) is 10.5 Å². The van der Waals surface area contributed by atoms with Gasteiger partial charge in [0, 0.05) is 6.54 Å². The van der Waals surface area contributed by atoms with Crippen LogP contribution in [0.15, 0.2) is 42.5 Å². The summed E-state index contributed by atoms with van der Waals surface area (Å²) < 4.78 is 5.31. The Morgan fingerprint density at radius 1 is 1.08 bits per heavy atom. The summed E-state index contributed by atoms with van der Waals surface area (Å²) in [7, 11) is 0. The van der Waals surface area contributed by atoms with E-state index in [0.717, 1.165) is 17.5 Å². The first-order valence-corrected chi connectivity index (χ1v) is 13.3. The van der Waals surface area contributed by atoms with E-state index in [4.69, 9.17) is 22.1 Å². The van der Waals surface area contributed by atoms with Gasteiger partial charge in [0.25, 0.3) is 5.91 Å². The average Bonchev–Trinajstić information content (AvgIpc) is 2.81. The van der Waals surface area contributed by atoms with Gasteiger partial charge in [-0.1, -0.05) is 66.9 Å². The fourth-order valence-electron chi connectivity index (χ4n) is 4.04. The lowest BCUT2D eigenvalue weighted by atomic mass is 9.99. The zero-order valence-electron chi connectivity index (χ0n) is 23.5. The van der Waals surface area contributed by atoms with Crippen LogP contribution in [0.25, 0.3) is 0 Å². The van der Waals surface area contributed by atoms with Crippen molar-refractivity contribution in [3.8, 4) is 0 Å². The van der Waals surface area contributed by atoms with Crippen molar-refractivity contribution in [1.82, 2.24) is 10.2 Å². The summed E-state index contributed by atoms with van der Waals surface area (Å²) in [5, 5.41) is 5.73. The first-order chi connectivity index (χ1) is 18.2. The molecule has 0 radical (unpaired) electrons. The quantitative estimate of drug-likeness (QED) is 0.356. The Bertz CT molecular complexity index is 1170. The third kappa shape index (κ3) is 9.58. The van der Waals surface area contributed by atoms with E-state index in [1.807, 2.05) is 39.0 Å². The largest absolute Gasteiger partial charge is 0.444 e. The number of hydrogen-bond acceptors (Lipinski definition) is 5. The first-order valence-electron chi connectivity index (χ1n) is 12.9. The van der Waals surface area contributed by atoms with Gasteiger partial charge in [-0.3, -0.25) is 14.4 Å². The number of carbonyl (C=O) groups excluding carboxylic acids is 4. The molecule has 0 spiro atoms. The van der Waals surface area contributed by atoms with Gasteiger partial charge in [0.05, 0.1) is 17.1 Å². The molecule has 10 heteroatoms. The summed E-state index contributed by atoms with van der Waals surface area (Å²) in [5.74, 6) is -1.91. The van der Waals surface area contributed by atoms with E-state index in [-0.39, 0.29) is 6.54 Å². The van der Waals surface area contributed by atoms with Gasteiger partial charge in [0.15, 0.2) is 0 Å². The van der Waals surface area contributed by atoms with Crippen molar-refractivity contribution in [2.45, 2.75) is 78.5 Å². The number of nitrogens with zero attached hydrogens (tertiary/aromatic N) is 1. The average molecular weight is 559 g/mol. The topological polar surface area (TPSA) is 131 Å². The number of ether oxygens (including phenoxy) is 1. The fraction of sp³-hybridized carbons (Fsp3) is 0.448. The van der Waals surface area contributed by atoms with E-state index in [2.05, 4.69) is 10.6 Å². The number of aryl methyl sites for hydroxylation is 2. The van der Waals surface area contributed by atoms with Crippen molar-refractivity contribution in [3.05, 3.63) is 64.2 Å². The highest BCUT2D eigenvalue weighted by atomic mass is 35.5. The maximum atomic E-state index is 14.0. The van der Waals surface area contributed by atoms with Crippen LogP contribution in [-0.4, -0.2) is 46.9 Å². The molecule has 2 unspecified atom stereocenters. The zero-order chi connectivity index (χ0) is 29.3. The van der Waals surface area contributed by atoms with Gasteiger partial charge in [0.2, 0.25) is 11.8 Å². The van der Waals surface area contributed by atoms with Crippen LogP contribution in [0.2, 0.25) is 5.02 Å². The Hall–Kier alpha value is -3.59. The van der Waals surface area contributed by atoms with Gasteiger partial charge >= 0.3 is 6.09 Å². The molecule has 212 valence electrons. The number of rotatable bonds is 11. The van der Waals surface area contributed by atoms with Crippen molar-refractivity contribution in [2.24, 2.45) is 5.73 Å². The van der Waals surface area contributed by atoms with E-state index >= 15 is 0 Å². The summed E-state index contributed by atoms with van der Waals surface area (Å²) in [5.41, 5.74) is 7.26. The highest BCUT2D eigenvalue weighted by molar-refractivity contribution is 6.34. The van der Waals surface area contributed by atoms with E-state index in [0.29, 0.717) is 22.7 Å². The molecular formula is C29H39ClN4O5. The molecular weight excluding hydrogens is 520 g/mol. The number of unbranched alkanes of at least 4 members (excludes halogenated alkanes) is 1. The number of carbonyl (C=O) groups is 4. The Morgan fingerprint density at radius 2 is 1.74 bits per heavy atom. The van der Waals surface area contributed by atoms with E-state index in [1.54, 1.807) is 45.0 Å². The predicted octanol–water partition coefficient (Wildman–Crippen LogP) is 5.03. The fourth-order valence-corrected chi connectivity index (χ4v) is 4.31. The number of benzene rings is 2. The Labute approximate surface area is 235 Å². The van der Waals surface area contributed by atoms with Gasteiger partial charge in [-0.25, -0.2) is 4.79 Å². The van der Waals surface area contributed by atoms with Crippen molar-refractivity contribution >= 4 is 41.1 Å². The molecule has 0 saturated carbocycles. The predicted molar refractivity (Wildman–Crippen MR) is 152 cm³/mol. The van der Waals surface area contributed by atoms with Gasteiger partial charge in [-0.15, -0.1) is 0 Å². The first kappa shape index (κ1) is 31.6. The molecule has 0 aliphatic rings. The number of anilines is 1. The molecule has 0 aliphatic heterocycles. The molecule has 0 aliphatic carbocycles. The maximum Gasteiger partial charge on any atom is 0.408 e. The van der Waals surface area contributed by atoms with Gasteiger partial charge in [0.1, 0.15) is 17.7 Å². The third-order valence-electron chi connectivity index (χ3n) is 5.82. The van der Waals surface area contributed by atoms with Gasteiger partial charge in [-0.05, 0) is 58.2 Å². The number of alkyl carbamates (subject to hydrolysis) is 1. The molecule has 9 nitrogen and oxygen atoms in total. The molecule has 0 aromatic heterocycles. The van der Waals surface area contributed by atoms with E-state index in [9.17, 15) is 19.2 Å². The second kappa shape index (κ2) is 14.0. The molecule has 0 saturated heterocycles. The number of amides is 4. The number of para-hydroxylation sites is 1. The Morgan fingerprint density at radius 3 is 2.31 bits per heavy atom. The summed E-state index contributed by atoms with van der Waals surface area (Å²) in [6.45, 7) is 10.9. The van der Waals surface area contributed by atoms with Crippen molar-refractivity contribution in [2.75, 3.05) is 11.9 Å². The number of primary amides is 1. The minimum Gasteiger partial charge on any atom is -0.444 e. The lowest BCUT2D eigenvalue weighted by Crippen LogP contribution is -2.53. The van der Waals surface area contributed by atoms with Crippen LogP contribution in [0.5, 0.6) is 0 Å². The van der Waals surface area contributed by atoms with Crippen LogP contribution in [0.3, 0.4) is 0 Å². The standard InChI is InChI=1S/C29H39ClN4O5/c1-7-8-15-34(27(37)22(17-23(31)35)32-28(38)39-29(4,5)6)25(20-13-9-11-18(2)16-20)26(36)33-24-19(3)12-10-14-21(24)30/h9-14,16,22,25H,7-8,15,17H2,1-6H3,(H2,31,35)(H,32,38)(H,33,36). The number of nitrogens with two attached hydrogens (primary N) is 1. The SMILES string of the molecule is CCCCN(C(=O)C(CC(N)=O)NC(=O)OC(C)(C)C)C(C(=O)Nc1c(C)cccc1Cl)c1cccc(C)c1. The molecule has 0 heterocycles. The summed E-state index contributed by atoms with van der Waals surface area (Å²) in [6, 6.07) is 10.1. The van der Waals surface area contributed by atoms with Crippen LogP contribution < -0.4 is 16.4 Å². The molecule has 2 atom stereocenters. The summed E-state index contributed by atoms with van der Waals surface area (Å²) >= 11 is 6.38. The van der Waals surface area contributed by atoms with Gasteiger partial charge in [-0.2, -0.15) is 0 Å². The lowest BCUT2D eigenvalue weighted by Gasteiger charge is -2.34. The van der Waals surface area contributed by atoms with E-state index in [1.165, 1.54) is 4.90 Å². The monoisotopic (exact) mass is 558 g/mol. The molecule has 2 aromatic rings. The molecule has 39 heavy (non-hydrogen) atoms. The molecule has 4 N–H and O–H groups in total. The van der Waals surface area contributed by atoms with Crippen LogP contribution in [0.1, 0.15) is 69.7 Å². The lowest BCUT2D eigenvalue weighted by molar-refractivity contribution is -0.142. The van der Waals surface area contributed by atoms with Gasteiger partial charge < -0.3 is 26.0 Å². The smallest absolute Gasteiger partial charge is 0.408 e. The number of hydrogen-bond donors (Lipinski definition) is 3. The summed E-state index contributed by atoms with van der Waals surface area (Å²) in [4.78, 5) is 53.8. The zero-order valence-corrected chi connectivity index (χ0v) is 24.2. The van der Waals surface area contributed by atoms with Crippen LogP contribution >= 0.6 is 11.6 Å². The van der Waals surface area contributed by atoms with Crippen molar-refractivity contribution in [1.29, 1.82) is 0 Å². The molecule has 2 rings (SSSR count). The molecule has 2 aromatic carbocycles. The van der Waals surface area contributed by atoms with Crippen LogP contribution in [-0.2, 0) is 19.1 Å². The van der Waals surface area contributed by atoms with Crippen LogP contribution in [0, 0.1) is 13.8 Å². The highest BCUT2D eigenvalue weighted by Crippen LogP contribution is 2.30. The Kier molecular flexibility index (Phi) is 11.3. The number of halogens is 1. The normalized spacial score (nSPS) is 12.7. The second-order valence-corrected chi connectivity index (χ2v) is 10.9. The van der Waals surface area contributed by atoms with Crippen molar-refractivity contribution in [3.63, 3.8) is 0 Å². The van der Waals surface area contributed by atoms with E-state index < -0.39 is 47.9 Å². The maximum absolute atomic E-state index is 14.0. The Balaban J connectivity index is 2.57. The minimum absolute atomic E-state index is 0.189. The highest BCUT2D eigenvalue weighted by Gasteiger charge is 2.37. The second-order valence-electron chi connectivity index (χ2n) is 10.5. The molecule has 0 fully saturated rings. The summed E-state index contributed by atoms with van der Waals surface area (Å²) in [6.07, 6.45) is -0.0368.